The lowest BCUT2D eigenvalue weighted by molar-refractivity contribution is -0.167. The van der Waals surface area contributed by atoms with Gasteiger partial charge in [-0.2, -0.15) is 0 Å². The third-order valence-electron chi connectivity index (χ3n) is 11.7. The Balaban J connectivity index is 4.29. The van der Waals surface area contributed by atoms with Crippen LogP contribution in [0.4, 0.5) is 0 Å². The van der Waals surface area contributed by atoms with Crippen LogP contribution in [0.5, 0.6) is 0 Å². The maximum absolute atomic E-state index is 12.7. The number of hydrogen-bond acceptors (Lipinski definition) is 6. The van der Waals surface area contributed by atoms with E-state index in [1.807, 2.05) is 0 Å². The molecular weight excluding hydrogens is 697 g/mol. The van der Waals surface area contributed by atoms with Crippen LogP contribution in [0.25, 0.3) is 0 Å². The van der Waals surface area contributed by atoms with Gasteiger partial charge in [0.05, 0.1) is 0 Å². The molecule has 1 unspecified atom stereocenters. The second-order valence-corrected chi connectivity index (χ2v) is 17.3. The van der Waals surface area contributed by atoms with E-state index in [0.29, 0.717) is 19.3 Å². The summed E-state index contributed by atoms with van der Waals surface area (Å²) < 4.78 is 16.8. The van der Waals surface area contributed by atoms with Gasteiger partial charge < -0.3 is 14.2 Å². The number of carbonyl (C=O) groups excluding carboxylic acids is 3. The van der Waals surface area contributed by atoms with E-state index in [1.54, 1.807) is 0 Å². The lowest BCUT2D eigenvalue weighted by atomic mass is 9.99. The second kappa shape index (κ2) is 44.5. The predicted octanol–water partition coefficient (Wildman–Crippen LogP) is 15.9. The normalized spacial score (nSPS) is 12.4. The first-order valence-electron chi connectivity index (χ1n) is 24.9. The van der Waals surface area contributed by atoms with Gasteiger partial charge in [0.15, 0.2) is 6.10 Å². The van der Waals surface area contributed by atoms with Crippen molar-refractivity contribution >= 4 is 17.9 Å². The third-order valence-corrected chi connectivity index (χ3v) is 11.7. The molecule has 0 N–H and O–H groups in total. The molecule has 6 heteroatoms. The lowest BCUT2D eigenvalue weighted by Crippen LogP contribution is -2.30. The molecule has 6 nitrogen and oxygen atoms in total. The van der Waals surface area contributed by atoms with E-state index in [2.05, 4.69) is 27.7 Å². The molecule has 0 aliphatic carbocycles. The molecule has 0 saturated carbocycles. The van der Waals surface area contributed by atoms with Gasteiger partial charge in [0.1, 0.15) is 13.2 Å². The molecule has 0 fully saturated rings. The van der Waals surface area contributed by atoms with Crippen LogP contribution in [-0.4, -0.2) is 37.2 Å². The minimum atomic E-state index is -0.759. The van der Waals surface area contributed by atoms with Crippen molar-refractivity contribution in [2.24, 2.45) is 5.92 Å². The van der Waals surface area contributed by atoms with E-state index in [0.717, 1.165) is 63.7 Å². The number of hydrogen-bond donors (Lipinski definition) is 0. The molecule has 0 heterocycles. The molecule has 0 saturated heterocycles. The Morgan fingerprint density at radius 2 is 0.625 bits per heavy atom. The highest BCUT2D eigenvalue weighted by molar-refractivity contribution is 5.71. The zero-order valence-electron chi connectivity index (χ0n) is 38.1. The second-order valence-electron chi connectivity index (χ2n) is 17.3. The zero-order chi connectivity index (χ0) is 41.0. The van der Waals surface area contributed by atoms with Crippen molar-refractivity contribution in [1.82, 2.24) is 0 Å². The van der Waals surface area contributed by atoms with Crippen molar-refractivity contribution in [1.29, 1.82) is 0 Å². The summed E-state index contributed by atoms with van der Waals surface area (Å²) in [6.45, 7) is 9.02. The molecule has 0 aromatic heterocycles. The van der Waals surface area contributed by atoms with Crippen molar-refractivity contribution in [3.05, 3.63) is 0 Å². The molecule has 56 heavy (non-hydrogen) atoms. The molecule has 0 aromatic rings. The van der Waals surface area contributed by atoms with Gasteiger partial charge in [0.25, 0.3) is 0 Å². The van der Waals surface area contributed by atoms with E-state index >= 15 is 0 Å². The Labute approximate surface area is 348 Å². The summed E-state index contributed by atoms with van der Waals surface area (Å²) in [5.74, 6) is 0.0174. The van der Waals surface area contributed by atoms with Crippen LogP contribution in [0, 0.1) is 5.92 Å². The van der Waals surface area contributed by atoms with Crippen molar-refractivity contribution in [2.45, 2.75) is 284 Å². The maximum Gasteiger partial charge on any atom is 0.306 e. The van der Waals surface area contributed by atoms with E-state index < -0.39 is 6.10 Å². The van der Waals surface area contributed by atoms with Gasteiger partial charge in [-0.15, -0.1) is 0 Å². The topological polar surface area (TPSA) is 78.9 Å². The Morgan fingerprint density at radius 3 is 0.929 bits per heavy atom. The first kappa shape index (κ1) is 54.4. The fourth-order valence-corrected chi connectivity index (χ4v) is 7.48. The van der Waals surface area contributed by atoms with Gasteiger partial charge in [-0.1, -0.05) is 240 Å². The van der Waals surface area contributed by atoms with Gasteiger partial charge in [-0.3, -0.25) is 14.4 Å². The minimum absolute atomic E-state index is 0.0632. The van der Waals surface area contributed by atoms with Crippen LogP contribution >= 0.6 is 0 Å². The summed E-state index contributed by atoms with van der Waals surface area (Å²) in [6, 6.07) is 0. The number of rotatable bonds is 45. The monoisotopic (exact) mass is 793 g/mol. The smallest absolute Gasteiger partial charge is 0.306 e. The van der Waals surface area contributed by atoms with Crippen molar-refractivity contribution < 1.29 is 28.6 Å². The Hall–Kier alpha value is -1.59. The average Bonchev–Trinajstić information content (AvgIpc) is 3.19. The standard InChI is InChI=1S/C50H96O6/c1-5-8-10-12-14-16-17-18-19-20-21-26-30-34-38-42-49(52)55-45-47(44-54-48(51)41-37-33-29-24-15-13-11-9-6-2)56-50(53)43-39-35-31-27-23-22-25-28-32-36-40-46(4)7-3/h46-47H,5-45H2,1-4H3/t46?,47-/m1/s1. The molecule has 0 spiro atoms. The number of esters is 3. The molecule has 0 amide bonds. The van der Waals surface area contributed by atoms with E-state index in [1.165, 1.54) is 173 Å². The molecule has 332 valence electrons. The summed E-state index contributed by atoms with van der Waals surface area (Å²) in [7, 11) is 0. The zero-order valence-corrected chi connectivity index (χ0v) is 38.1. The predicted molar refractivity (Wildman–Crippen MR) is 238 cm³/mol. The largest absolute Gasteiger partial charge is 0.462 e. The quantitative estimate of drug-likeness (QED) is 0.0347. The molecular formula is C50H96O6. The van der Waals surface area contributed by atoms with Crippen molar-refractivity contribution in [2.75, 3.05) is 13.2 Å². The number of unbranched alkanes of at least 4 members (excludes halogenated alkanes) is 31. The van der Waals surface area contributed by atoms with Crippen LogP contribution in [0.3, 0.4) is 0 Å². The van der Waals surface area contributed by atoms with Crippen LogP contribution in [0.15, 0.2) is 0 Å². The average molecular weight is 793 g/mol. The number of carbonyl (C=O) groups is 3. The molecule has 2 atom stereocenters. The summed E-state index contributed by atoms with van der Waals surface area (Å²) in [4.78, 5) is 37.8. The van der Waals surface area contributed by atoms with Crippen LogP contribution in [0.2, 0.25) is 0 Å². The highest BCUT2D eigenvalue weighted by atomic mass is 16.6. The molecule has 0 aliphatic heterocycles. The molecule has 0 rings (SSSR count). The van der Waals surface area contributed by atoms with Gasteiger partial charge in [0.2, 0.25) is 0 Å². The first-order valence-corrected chi connectivity index (χ1v) is 24.9. The van der Waals surface area contributed by atoms with E-state index in [9.17, 15) is 14.4 Å². The van der Waals surface area contributed by atoms with Crippen molar-refractivity contribution in [3.63, 3.8) is 0 Å². The van der Waals surface area contributed by atoms with Crippen LogP contribution in [-0.2, 0) is 28.6 Å². The summed E-state index contributed by atoms with van der Waals surface area (Å²) in [5, 5.41) is 0. The van der Waals surface area contributed by atoms with Gasteiger partial charge in [0, 0.05) is 19.3 Å². The molecule has 0 radical (unpaired) electrons. The van der Waals surface area contributed by atoms with E-state index in [4.69, 9.17) is 14.2 Å². The van der Waals surface area contributed by atoms with Gasteiger partial charge in [-0.05, 0) is 25.2 Å². The Bertz CT molecular complexity index is 843. The minimum Gasteiger partial charge on any atom is -0.462 e. The fourth-order valence-electron chi connectivity index (χ4n) is 7.48. The maximum atomic E-state index is 12.7. The van der Waals surface area contributed by atoms with Crippen LogP contribution in [0.1, 0.15) is 278 Å². The van der Waals surface area contributed by atoms with Gasteiger partial charge >= 0.3 is 17.9 Å². The third kappa shape index (κ3) is 42.0. The molecule has 0 aromatic carbocycles. The SMILES string of the molecule is CCCCCCCCCCCCCCCCCC(=O)OC[C@@H](COC(=O)CCCCCCCCCCC)OC(=O)CCCCCCCCCCCCC(C)CC. The highest BCUT2D eigenvalue weighted by Crippen LogP contribution is 2.17. The summed E-state index contributed by atoms with van der Waals surface area (Å²) in [6.07, 6.45) is 45.1. The molecule has 0 aliphatic rings. The summed E-state index contributed by atoms with van der Waals surface area (Å²) >= 11 is 0. The fraction of sp³-hybridized carbons (Fsp3) is 0.940. The van der Waals surface area contributed by atoms with Crippen LogP contribution < -0.4 is 0 Å². The summed E-state index contributed by atoms with van der Waals surface area (Å²) in [5.41, 5.74) is 0. The Morgan fingerprint density at radius 1 is 0.357 bits per heavy atom. The Kier molecular flexibility index (Phi) is 43.2. The number of ether oxygens (including phenoxy) is 3. The highest BCUT2D eigenvalue weighted by Gasteiger charge is 2.19. The van der Waals surface area contributed by atoms with Crippen molar-refractivity contribution in [3.8, 4) is 0 Å². The van der Waals surface area contributed by atoms with E-state index in [-0.39, 0.29) is 31.1 Å². The first-order chi connectivity index (χ1) is 27.4. The lowest BCUT2D eigenvalue weighted by Gasteiger charge is -2.18. The van der Waals surface area contributed by atoms with Gasteiger partial charge in [-0.25, -0.2) is 0 Å². The molecule has 0 bridgehead atoms.